The van der Waals surface area contributed by atoms with Gasteiger partial charge in [0.15, 0.2) is 5.78 Å². The van der Waals surface area contributed by atoms with Gasteiger partial charge in [-0.25, -0.2) is 0 Å². The fraction of sp³-hybridized carbons (Fsp3) is 0.200. The molecule has 0 amide bonds. The molecule has 2 aromatic rings. The van der Waals surface area contributed by atoms with Crippen LogP contribution in [0.15, 0.2) is 24.5 Å². The second-order valence-corrected chi connectivity index (χ2v) is 3.27. The van der Waals surface area contributed by atoms with E-state index in [2.05, 4.69) is 9.97 Å². The normalized spacial score (nSPS) is 13.0. The third-order valence-corrected chi connectivity index (χ3v) is 2.22. The standard InChI is InChI=1S/C10H11N3O/c1-6(14)10(11)7-4-9-8(13-5-7)2-3-12-9/h2-5,10,12H,11H2,1H3. The number of hydrogen-bond acceptors (Lipinski definition) is 3. The Bertz CT molecular complexity index is 475. The van der Waals surface area contributed by atoms with Gasteiger partial charge in [0.05, 0.1) is 17.1 Å². The molecule has 0 aliphatic rings. The predicted octanol–water partition coefficient (Wildman–Crippen LogP) is 1.15. The van der Waals surface area contributed by atoms with Crippen LogP contribution in [0.1, 0.15) is 18.5 Å². The lowest BCUT2D eigenvalue weighted by molar-refractivity contribution is -0.118. The fourth-order valence-corrected chi connectivity index (χ4v) is 1.36. The molecular formula is C10H11N3O. The summed E-state index contributed by atoms with van der Waals surface area (Å²) in [6, 6.07) is 3.16. The number of Topliss-reactive ketones (excluding diaryl/α,β-unsaturated/α-hetero) is 1. The molecule has 1 atom stereocenters. The number of fused-ring (bicyclic) bond motifs is 1. The van der Waals surface area contributed by atoms with E-state index in [1.807, 2.05) is 12.1 Å². The zero-order chi connectivity index (χ0) is 10.1. The topological polar surface area (TPSA) is 71.8 Å². The first-order valence-corrected chi connectivity index (χ1v) is 4.37. The zero-order valence-electron chi connectivity index (χ0n) is 7.82. The number of hydrogen-bond donors (Lipinski definition) is 2. The van der Waals surface area contributed by atoms with E-state index >= 15 is 0 Å². The number of ketones is 1. The minimum atomic E-state index is -0.574. The highest BCUT2D eigenvalue weighted by Crippen LogP contribution is 2.15. The van der Waals surface area contributed by atoms with Gasteiger partial charge in [-0.1, -0.05) is 0 Å². The van der Waals surface area contributed by atoms with E-state index in [1.165, 1.54) is 6.92 Å². The number of nitrogens with one attached hydrogen (secondary N) is 1. The molecule has 2 heterocycles. The van der Waals surface area contributed by atoms with Gasteiger partial charge in [-0.15, -0.1) is 0 Å². The third-order valence-electron chi connectivity index (χ3n) is 2.22. The van der Waals surface area contributed by atoms with E-state index in [-0.39, 0.29) is 5.78 Å². The Hall–Kier alpha value is -1.68. The number of rotatable bonds is 2. The van der Waals surface area contributed by atoms with Crippen molar-refractivity contribution in [3.63, 3.8) is 0 Å². The molecule has 0 fully saturated rings. The van der Waals surface area contributed by atoms with Crippen LogP contribution in [0, 0.1) is 0 Å². The molecule has 72 valence electrons. The maximum Gasteiger partial charge on any atom is 0.151 e. The fourth-order valence-electron chi connectivity index (χ4n) is 1.36. The third kappa shape index (κ3) is 1.40. The Labute approximate surface area is 81.1 Å². The van der Waals surface area contributed by atoms with Crippen molar-refractivity contribution in [2.24, 2.45) is 5.73 Å². The average molecular weight is 189 g/mol. The monoisotopic (exact) mass is 189 g/mol. The van der Waals surface area contributed by atoms with Crippen molar-refractivity contribution in [1.82, 2.24) is 9.97 Å². The molecule has 3 N–H and O–H groups in total. The number of pyridine rings is 1. The number of aromatic amines is 1. The van der Waals surface area contributed by atoms with E-state index in [0.29, 0.717) is 0 Å². The molecule has 4 heteroatoms. The Kier molecular flexibility index (Phi) is 2.05. The predicted molar refractivity (Wildman–Crippen MR) is 53.7 cm³/mol. The van der Waals surface area contributed by atoms with E-state index in [0.717, 1.165) is 16.6 Å². The summed E-state index contributed by atoms with van der Waals surface area (Å²) in [7, 11) is 0. The molecule has 0 aliphatic heterocycles. The number of carbonyl (C=O) groups excluding carboxylic acids is 1. The molecule has 2 aromatic heterocycles. The molecule has 0 aliphatic carbocycles. The second-order valence-electron chi connectivity index (χ2n) is 3.27. The maximum absolute atomic E-state index is 11.1. The van der Waals surface area contributed by atoms with Crippen molar-refractivity contribution < 1.29 is 4.79 Å². The quantitative estimate of drug-likeness (QED) is 0.744. The van der Waals surface area contributed by atoms with Crippen molar-refractivity contribution in [2.45, 2.75) is 13.0 Å². The minimum Gasteiger partial charge on any atom is -0.360 e. The van der Waals surface area contributed by atoms with Crippen LogP contribution in [0.5, 0.6) is 0 Å². The van der Waals surface area contributed by atoms with Crippen LogP contribution in [-0.4, -0.2) is 15.8 Å². The number of nitrogens with zero attached hydrogens (tertiary/aromatic N) is 1. The molecule has 0 saturated heterocycles. The molecule has 4 nitrogen and oxygen atoms in total. The number of nitrogens with two attached hydrogens (primary N) is 1. The lowest BCUT2D eigenvalue weighted by Crippen LogP contribution is -2.18. The smallest absolute Gasteiger partial charge is 0.151 e. The summed E-state index contributed by atoms with van der Waals surface area (Å²) in [5, 5.41) is 0. The lowest BCUT2D eigenvalue weighted by Gasteiger charge is -2.06. The summed E-state index contributed by atoms with van der Waals surface area (Å²) in [6.45, 7) is 1.48. The van der Waals surface area contributed by atoms with Gasteiger partial charge in [-0.05, 0) is 24.6 Å². The lowest BCUT2D eigenvalue weighted by atomic mass is 10.1. The minimum absolute atomic E-state index is 0.0577. The first-order chi connectivity index (χ1) is 6.68. The Morgan fingerprint density at radius 2 is 2.43 bits per heavy atom. The number of aromatic nitrogens is 2. The SMILES string of the molecule is CC(=O)C(N)c1cnc2cc[nH]c2c1. The summed E-state index contributed by atoms with van der Waals surface area (Å²) in [6.07, 6.45) is 3.45. The van der Waals surface area contributed by atoms with Crippen LogP contribution >= 0.6 is 0 Å². The Balaban J connectivity index is 2.48. The first kappa shape index (κ1) is 8.90. The summed E-state index contributed by atoms with van der Waals surface area (Å²) in [4.78, 5) is 18.3. The van der Waals surface area contributed by atoms with Crippen LogP contribution in [0.4, 0.5) is 0 Å². The summed E-state index contributed by atoms with van der Waals surface area (Å²) < 4.78 is 0. The van der Waals surface area contributed by atoms with Crippen LogP contribution in [0.3, 0.4) is 0 Å². The van der Waals surface area contributed by atoms with Gasteiger partial charge in [-0.2, -0.15) is 0 Å². The van der Waals surface area contributed by atoms with Gasteiger partial charge in [0.2, 0.25) is 0 Å². The summed E-state index contributed by atoms with van der Waals surface area (Å²) in [5.74, 6) is -0.0577. The molecule has 2 rings (SSSR count). The highest BCUT2D eigenvalue weighted by Gasteiger charge is 2.11. The van der Waals surface area contributed by atoms with Gasteiger partial charge < -0.3 is 10.7 Å². The summed E-state index contributed by atoms with van der Waals surface area (Å²) >= 11 is 0. The average Bonchev–Trinajstić information content (AvgIpc) is 2.62. The van der Waals surface area contributed by atoms with Crippen LogP contribution in [0.2, 0.25) is 0 Å². The molecule has 0 bridgehead atoms. The van der Waals surface area contributed by atoms with Gasteiger partial charge in [-0.3, -0.25) is 9.78 Å². The largest absolute Gasteiger partial charge is 0.360 e. The van der Waals surface area contributed by atoms with Gasteiger partial charge in [0, 0.05) is 12.4 Å². The van der Waals surface area contributed by atoms with Gasteiger partial charge in [0.1, 0.15) is 0 Å². The molecule has 0 aromatic carbocycles. The second kappa shape index (κ2) is 3.23. The van der Waals surface area contributed by atoms with Crippen molar-refractivity contribution in [2.75, 3.05) is 0 Å². The van der Waals surface area contributed by atoms with Gasteiger partial charge in [0.25, 0.3) is 0 Å². The van der Waals surface area contributed by atoms with Crippen LogP contribution < -0.4 is 5.73 Å². The highest BCUT2D eigenvalue weighted by molar-refractivity contribution is 5.84. The maximum atomic E-state index is 11.1. The van der Waals surface area contributed by atoms with E-state index in [9.17, 15) is 4.79 Å². The summed E-state index contributed by atoms with van der Waals surface area (Å²) in [5.41, 5.74) is 8.22. The highest BCUT2D eigenvalue weighted by atomic mass is 16.1. The number of H-pyrrole nitrogens is 1. The van der Waals surface area contributed by atoms with E-state index < -0.39 is 6.04 Å². The number of carbonyl (C=O) groups is 1. The molecule has 1 unspecified atom stereocenters. The molecular weight excluding hydrogens is 178 g/mol. The first-order valence-electron chi connectivity index (χ1n) is 4.37. The zero-order valence-corrected chi connectivity index (χ0v) is 7.82. The van der Waals surface area contributed by atoms with Crippen molar-refractivity contribution in [3.05, 3.63) is 30.1 Å². The van der Waals surface area contributed by atoms with E-state index in [1.54, 1.807) is 12.4 Å². The molecule has 0 spiro atoms. The van der Waals surface area contributed by atoms with E-state index in [4.69, 9.17) is 5.73 Å². The van der Waals surface area contributed by atoms with Crippen molar-refractivity contribution in [3.8, 4) is 0 Å². The van der Waals surface area contributed by atoms with Crippen molar-refractivity contribution in [1.29, 1.82) is 0 Å². The molecule has 0 saturated carbocycles. The Morgan fingerprint density at radius 1 is 1.64 bits per heavy atom. The molecule has 0 radical (unpaired) electrons. The Morgan fingerprint density at radius 3 is 3.14 bits per heavy atom. The van der Waals surface area contributed by atoms with Crippen LogP contribution in [-0.2, 0) is 4.79 Å². The molecule has 14 heavy (non-hydrogen) atoms. The van der Waals surface area contributed by atoms with Crippen LogP contribution in [0.25, 0.3) is 11.0 Å². The van der Waals surface area contributed by atoms with Gasteiger partial charge >= 0.3 is 0 Å². The van der Waals surface area contributed by atoms with Crippen molar-refractivity contribution >= 4 is 16.8 Å².